The number of rotatable bonds is 0. The summed E-state index contributed by atoms with van der Waals surface area (Å²) < 4.78 is 0. The standard InChI is InChI=1S/C9H17N.ClH/c1-10-8-4-2-5-9(10)7-3-6-8;/h8-9H,2-7H2,1H3;1H. The third kappa shape index (κ3) is 1.70. The van der Waals surface area contributed by atoms with Gasteiger partial charge in [0.2, 0.25) is 0 Å². The van der Waals surface area contributed by atoms with E-state index in [4.69, 9.17) is 0 Å². The maximum absolute atomic E-state index is 2.62. The van der Waals surface area contributed by atoms with Crippen molar-refractivity contribution in [3.63, 3.8) is 0 Å². The van der Waals surface area contributed by atoms with Crippen molar-refractivity contribution < 1.29 is 0 Å². The van der Waals surface area contributed by atoms with Crippen LogP contribution < -0.4 is 0 Å². The molecule has 2 saturated heterocycles. The fourth-order valence-electron chi connectivity index (χ4n) is 2.58. The number of fused-ring (bicyclic) bond motifs is 2. The van der Waals surface area contributed by atoms with Crippen molar-refractivity contribution in [2.45, 2.75) is 50.6 Å². The maximum Gasteiger partial charge on any atom is 0.00951 e. The summed E-state index contributed by atoms with van der Waals surface area (Å²) in [6.07, 6.45) is 8.83. The first-order chi connectivity index (χ1) is 4.88. The highest BCUT2D eigenvalue weighted by atomic mass is 35.5. The van der Waals surface area contributed by atoms with Crippen molar-refractivity contribution in [3.8, 4) is 0 Å². The minimum atomic E-state index is 0. The predicted molar refractivity (Wildman–Crippen MR) is 50.3 cm³/mol. The number of halogens is 1. The zero-order valence-corrected chi connectivity index (χ0v) is 8.07. The van der Waals surface area contributed by atoms with E-state index >= 15 is 0 Å². The van der Waals surface area contributed by atoms with Crippen molar-refractivity contribution in [3.05, 3.63) is 0 Å². The summed E-state index contributed by atoms with van der Waals surface area (Å²) >= 11 is 0. The van der Waals surface area contributed by atoms with Crippen LogP contribution in [0.4, 0.5) is 0 Å². The number of piperidine rings is 2. The molecule has 66 valence electrons. The van der Waals surface area contributed by atoms with Gasteiger partial charge in [0, 0.05) is 12.1 Å². The molecule has 0 amide bonds. The second kappa shape index (κ2) is 3.77. The topological polar surface area (TPSA) is 3.24 Å². The molecular weight excluding hydrogens is 158 g/mol. The summed E-state index contributed by atoms with van der Waals surface area (Å²) in [7, 11) is 2.31. The van der Waals surface area contributed by atoms with Gasteiger partial charge in [-0.2, -0.15) is 0 Å². The van der Waals surface area contributed by atoms with E-state index in [0.29, 0.717) is 0 Å². The number of nitrogens with zero attached hydrogens (tertiary/aromatic N) is 1. The molecule has 2 heteroatoms. The van der Waals surface area contributed by atoms with Crippen LogP contribution in [0.3, 0.4) is 0 Å². The third-order valence-corrected chi connectivity index (χ3v) is 3.30. The Morgan fingerprint density at radius 2 is 1.27 bits per heavy atom. The molecule has 0 aliphatic carbocycles. The average Bonchev–Trinajstić information content (AvgIpc) is 1.86. The van der Waals surface area contributed by atoms with Gasteiger partial charge in [0.1, 0.15) is 0 Å². The van der Waals surface area contributed by atoms with Crippen molar-refractivity contribution in [1.29, 1.82) is 0 Å². The molecule has 2 bridgehead atoms. The molecule has 2 fully saturated rings. The second-order valence-corrected chi connectivity index (χ2v) is 3.83. The third-order valence-electron chi connectivity index (χ3n) is 3.30. The lowest BCUT2D eigenvalue weighted by molar-refractivity contribution is 0.0673. The Bertz CT molecular complexity index is 105. The molecule has 0 N–H and O–H groups in total. The van der Waals surface area contributed by atoms with E-state index in [-0.39, 0.29) is 12.4 Å². The van der Waals surface area contributed by atoms with Crippen LogP contribution in [0, 0.1) is 0 Å². The Kier molecular flexibility index (Phi) is 3.20. The Balaban J connectivity index is 0.000000605. The lowest BCUT2D eigenvalue weighted by atomic mass is 9.85. The van der Waals surface area contributed by atoms with Gasteiger partial charge in [0.05, 0.1) is 0 Å². The smallest absolute Gasteiger partial charge is 0.00951 e. The quantitative estimate of drug-likeness (QED) is 0.547. The van der Waals surface area contributed by atoms with Gasteiger partial charge < -0.3 is 4.90 Å². The summed E-state index contributed by atoms with van der Waals surface area (Å²) in [5, 5.41) is 0. The van der Waals surface area contributed by atoms with Gasteiger partial charge in [-0.15, -0.1) is 12.4 Å². The molecule has 2 heterocycles. The first kappa shape index (κ1) is 9.34. The number of hydrogen-bond donors (Lipinski definition) is 0. The van der Waals surface area contributed by atoms with Gasteiger partial charge in [-0.25, -0.2) is 0 Å². The molecular formula is C9H18ClN. The molecule has 11 heavy (non-hydrogen) atoms. The highest BCUT2D eigenvalue weighted by Gasteiger charge is 2.30. The molecule has 0 aromatic carbocycles. The SMILES string of the molecule is CN1C2CCCC1CCC2.Cl. The molecule has 2 aliphatic rings. The summed E-state index contributed by atoms with van der Waals surface area (Å²) in [5.74, 6) is 0. The molecule has 0 aromatic rings. The van der Waals surface area contributed by atoms with Gasteiger partial charge in [0.25, 0.3) is 0 Å². The fourth-order valence-corrected chi connectivity index (χ4v) is 2.58. The lowest BCUT2D eigenvalue weighted by Crippen LogP contribution is -2.46. The summed E-state index contributed by atoms with van der Waals surface area (Å²) in [6.45, 7) is 0. The molecule has 0 radical (unpaired) electrons. The van der Waals surface area contributed by atoms with E-state index in [9.17, 15) is 0 Å². The Morgan fingerprint density at radius 3 is 1.55 bits per heavy atom. The van der Waals surface area contributed by atoms with Crippen LogP contribution in [-0.2, 0) is 0 Å². The van der Waals surface area contributed by atoms with E-state index in [1.54, 1.807) is 0 Å². The monoisotopic (exact) mass is 175 g/mol. The Hall–Kier alpha value is 0.250. The van der Waals surface area contributed by atoms with Gasteiger partial charge in [-0.3, -0.25) is 0 Å². The average molecular weight is 176 g/mol. The predicted octanol–water partition coefficient (Wildman–Crippen LogP) is 2.45. The van der Waals surface area contributed by atoms with Crippen LogP contribution in [0.2, 0.25) is 0 Å². The van der Waals surface area contributed by atoms with E-state index in [0.717, 1.165) is 12.1 Å². The first-order valence-electron chi connectivity index (χ1n) is 4.60. The fraction of sp³-hybridized carbons (Fsp3) is 1.00. The minimum absolute atomic E-state index is 0. The molecule has 0 unspecified atom stereocenters. The van der Waals surface area contributed by atoms with Crippen LogP contribution in [-0.4, -0.2) is 24.0 Å². The Labute approximate surface area is 75.6 Å². The van der Waals surface area contributed by atoms with E-state index in [1.807, 2.05) is 0 Å². The van der Waals surface area contributed by atoms with Crippen molar-refractivity contribution in [1.82, 2.24) is 4.90 Å². The van der Waals surface area contributed by atoms with Crippen LogP contribution in [0.1, 0.15) is 38.5 Å². The second-order valence-electron chi connectivity index (χ2n) is 3.83. The Morgan fingerprint density at radius 1 is 0.909 bits per heavy atom. The normalized spacial score (nSPS) is 37.9. The van der Waals surface area contributed by atoms with Gasteiger partial charge in [0.15, 0.2) is 0 Å². The zero-order valence-electron chi connectivity index (χ0n) is 7.25. The van der Waals surface area contributed by atoms with E-state index in [1.165, 1.54) is 38.5 Å². The molecule has 2 rings (SSSR count). The molecule has 0 atom stereocenters. The summed E-state index contributed by atoms with van der Waals surface area (Å²) in [5.41, 5.74) is 0. The summed E-state index contributed by atoms with van der Waals surface area (Å²) in [6, 6.07) is 1.90. The van der Waals surface area contributed by atoms with Gasteiger partial charge >= 0.3 is 0 Å². The van der Waals surface area contributed by atoms with Crippen LogP contribution in [0.5, 0.6) is 0 Å². The first-order valence-corrected chi connectivity index (χ1v) is 4.60. The summed E-state index contributed by atoms with van der Waals surface area (Å²) in [4.78, 5) is 2.62. The minimum Gasteiger partial charge on any atom is -0.300 e. The van der Waals surface area contributed by atoms with Crippen molar-refractivity contribution >= 4 is 12.4 Å². The molecule has 1 nitrogen and oxygen atoms in total. The van der Waals surface area contributed by atoms with E-state index in [2.05, 4.69) is 11.9 Å². The highest BCUT2D eigenvalue weighted by molar-refractivity contribution is 5.85. The molecule has 0 spiro atoms. The molecule has 2 aliphatic heterocycles. The van der Waals surface area contributed by atoms with E-state index < -0.39 is 0 Å². The van der Waals surface area contributed by atoms with Crippen molar-refractivity contribution in [2.75, 3.05) is 7.05 Å². The van der Waals surface area contributed by atoms with Crippen LogP contribution in [0.25, 0.3) is 0 Å². The maximum atomic E-state index is 2.62. The van der Waals surface area contributed by atoms with Gasteiger partial charge in [-0.05, 0) is 32.7 Å². The number of hydrogen-bond acceptors (Lipinski definition) is 1. The molecule has 0 saturated carbocycles. The van der Waals surface area contributed by atoms with Crippen molar-refractivity contribution in [2.24, 2.45) is 0 Å². The van der Waals surface area contributed by atoms with Crippen LogP contribution in [0.15, 0.2) is 0 Å². The van der Waals surface area contributed by atoms with Gasteiger partial charge in [-0.1, -0.05) is 12.8 Å². The zero-order chi connectivity index (χ0) is 6.97. The lowest BCUT2D eigenvalue weighted by Gasteiger charge is -2.43. The largest absolute Gasteiger partial charge is 0.300 e. The highest BCUT2D eigenvalue weighted by Crippen LogP contribution is 2.31. The van der Waals surface area contributed by atoms with Crippen LogP contribution >= 0.6 is 12.4 Å². The molecule has 0 aromatic heterocycles.